The van der Waals surface area contributed by atoms with Crippen LogP contribution in [0.2, 0.25) is 0 Å². The van der Waals surface area contributed by atoms with Gasteiger partial charge in [-0.3, -0.25) is 14.6 Å². The zero-order valence-electron chi connectivity index (χ0n) is 17.4. The van der Waals surface area contributed by atoms with Crippen LogP contribution >= 0.6 is 0 Å². The first-order valence-corrected chi connectivity index (χ1v) is 10.9. The highest BCUT2D eigenvalue weighted by atomic mass is 16.2. The van der Waals surface area contributed by atoms with E-state index < -0.39 is 6.04 Å². The molecule has 30 heavy (non-hydrogen) atoms. The Labute approximate surface area is 177 Å². The molecule has 5 heteroatoms. The maximum atomic E-state index is 12.7. The number of aryl methyl sites for hydroxylation is 1. The van der Waals surface area contributed by atoms with Crippen LogP contribution in [0.5, 0.6) is 0 Å². The number of nitrogens with one attached hydrogen (secondary N) is 2. The number of H-pyrrole nitrogens is 1. The maximum absolute atomic E-state index is 12.7. The van der Waals surface area contributed by atoms with Crippen molar-refractivity contribution in [1.82, 2.24) is 15.3 Å². The van der Waals surface area contributed by atoms with Crippen molar-refractivity contribution in [1.29, 1.82) is 0 Å². The van der Waals surface area contributed by atoms with Gasteiger partial charge >= 0.3 is 0 Å². The van der Waals surface area contributed by atoms with Crippen molar-refractivity contribution in [2.45, 2.75) is 51.5 Å². The lowest BCUT2D eigenvalue weighted by Gasteiger charge is -2.16. The van der Waals surface area contributed by atoms with Crippen LogP contribution < -0.4 is 5.32 Å². The summed E-state index contributed by atoms with van der Waals surface area (Å²) in [5, 5.41) is 4.01. The minimum absolute atomic E-state index is 0.0233. The lowest BCUT2D eigenvalue weighted by molar-refractivity contribution is -0.129. The summed E-state index contributed by atoms with van der Waals surface area (Å²) in [4.78, 5) is 32.7. The molecule has 2 heterocycles. The Hall–Kier alpha value is -2.95. The number of Topliss-reactive ketones (excluding diaryl/α,β-unsaturated/α-hetero) is 1. The molecular weight excluding hydrogens is 374 g/mol. The first kappa shape index (κ1) is 20.3. The molecule has 3 aromatic rings. The van der Waals surface area contributed by atoms with E-state index in [0.717, 1.165) is 42.3 Å². The third kappa shape index (κ3) is 4.96. The fraction of sp³-hybridized carbons (Fsp3) is 0.400. The minimum atomic E-state index is -0.447. The van der Waals surface area contributed by atoms with Crippen LogP contribution in [-0.4, -0.2) is 27.7 Å². The van der Waals surface area contributed by atoms with E-state index in [4.69, 9.17) is 0 Å². The Bertz CT molecular complexity index is 978. The Morgan fingerprint density at radius 1 is 1.20 bits per heavy atom. The van der Waals surface area contributed by atoms with Crippen molar-refractivity contribution in [3.63, 3.8) is 0 Å². The van der Waals surface area contributed by atoms with E-state index >= 15 is 0 Å². The number of benzene rings is 1. The second kappa shape index (κ2) is 9.24. The third-order valence-corrected chi connectivity index (χ3v) is 6.24. The second-order valence-corrected chi connectivity index (χ2v) is 8.52. The highest BCUT2D eigenvalue weighted by molar-refractivity contribution is 5.89. The zero-order chi connectivity index (χ0) is 20.9. The molecule has 2 N–H and O–H groups in total. The van der Waals surface area contributed by atoms with Crippen LogP contribution in [0.1, 0.15) is 43.9 Å². The molecule has 2 aromatic heterocycles. The zero-order valence-corrected chi connectivity index (χ0v) is 17.4. The van der Waals surface area contributed by atoms with Crippen molar-refractivity contribution >= 4 is 22.6 Å². The Morgan fingerprint density at radius 2 is 2.03 bits per heavy atom. The van der Waals surface area contributed by atoms with Crippen LogP contribution in [0.25, 0.3) is 10.9 Å². The molecule has 1 aromatic carbocycles. The van der Waals surface area contributed by atoms with E-state index in [1.165, 1.54) is 5.56 Å². The quantitative estimate of drug-likeness (QED) is 0.591. The number of hydrogen-bond acceptors (Lipinski definition) is 3. The van der Waals surface area contributed by atoms with E-state index in [1.54, 1.807) is 13.1 Å². The average Bonchev–Trinajstić information content (AvgIpc) is 3.39. The lowest BCUT2D eigenvalue weighted by atomic mass is 9.96. The van der Waals surface area contributed by atoms with Crippen molar-refractivity contribution in [2.24, 2.45) is 11.8 Å². The van der Waals surface area contributed by atoms with Gasteiger partial charge in [0.2, 0.25) is 5.91 Å². The summed E-state index contributed by atoms with van der Waals surface area (Å²) in [6.07, 6.45) is 8.52. The van der Waals surface area contributed by atoms with E-state index in [9.17, 15) is 9.59 Å². The number of pyridine rings is 1. The first-order valence-electron chi connectivity index (χ1n) is 10.9. The highest BCUT2D eigenvalue weighted by Gasteiger charge is 2.31. The number of aromatic nitrogens is 2. The molecular formula is C25H29N3O2. The maximum Gasteiger partial charge on any atom is 0.223 e. The van der Waals surface area contributed by atoms with E-state index in [1.807, 2.05) is 24.4 Å². The summed E-state index contributed by atoms with van der Waals surface area (Å²) in [7, 11) is 0. The van der Waals surface area contributed by atoms with Crippen molar-refractivity contribution < 1.29 is 9.59 Å². The molecule has 5 nitrogen and oxygen atoms in total. The van der Waals surface area contributed by atoms with Gasteiger partial charge in [0.15, 0.2) is 5.78 Å². The molecule has 1 aliphatic rings. The number of hydrogen-bond donors (Lipinski definition) is 2. The van der Waals surface area contributed by atoms with Gasteiger partial charge in [0.1, 0.15) is 0 Å². The van der Waals surface area contributed by atoms with Gasteiger partial charge in [-0.1, -0.05) is 30.3 Å². The second-order valence-electron chi connectivity index (χ2n) is 8.52. The first-order chi connectivity index (χ1) is 14.6. The predicted molar refractivity (Wildman–Crippen MR) is 118 cm³/mol. The van der Waals surface area contributed by atoms with Gasteiger partial charge in [0.05, 0.1) is 6.04 Å². The van der Waals surface area contributed by atoms with Crippen LogP contribution in [0.15, 0.2) is 54.9 Å². The molecule has 0 spiro atoms. The van der Waals surface area contributed by atoms with Crippen molar-refractivity contribution in [2.75, 3.05) is 0 Å². The molecule has 4 rings (SSSR count). The van der Waals surface area contributed by atoms with E-state index in [2.05, 4.69) is 39.6 Å². The largest absolute Gasteiger partial charge is 0.358 e. The molecule has 0 radical (unpaired) electrons. The van der Waals surface area contributed by atoms with Crippen molar-refractivity contribution in [3.8, 4) is 0 Å². The monoisotopic (exact) mass is 403 g/mol. The molecule has 0 unspecified atom stereocenters. The summed E-state index contributed by atoms with van der Waals surface area (Å²) in [6, 6.07) is 14.0. The Kier molecular flexibility index (Phi) is 6.26. The van der Waals surface area contributed by atoms with E-state index in [-0.39, 0.29) is 17.6 Å². The standard InChI is InChI=1S/C25H29N3O2/c1-17(24(29)10-9-22-15-21-16-26-12-11-23(21)28-22)27-25(30)20-8-7-19(14-20)13-18-5-3-2-4-6-18/h2-6,11-12,15-17,19-20,28H,7-10,13-14H2,1H3,(H,27,30)/t17-,19-,20+/m0/s1. The molecule has 0 aliphatic heterocycles. The predicted octanol–water partition coefficient (Wildman–Crippen LogP) is 4.23. The fourth-order valence-electron chi connectivity index (χ4n) is 4.50. The highest BCUT2D eigenvalue weighted by Crippen LogP contribution is 2.33. The van der Waals surface area contributed by atoms with Crippen molar-refractivity contribution in [3.05, 3.63) is 66.1 Å². The summed E-state index contributed by atoms with van der Waals surface area (Å²) in [5.74, 6) is 0.669. The number of carbonyl (C=O) groups is 2. The Morgan fingerprint density at radius 3 is 2.83 bits per heavy atom. The SMILES string of the molecule is C[C@H](NC(=O)[C@@H]1CC[C@@H](Cc2ccccc2)C1)C(=O)CCc1cc2cnccc2[nH]1. The molecule has 1 saturated carbocycles. The summed E-state index contributed by atoms with van der Waals surface area (Å²) in [5.41, 5.74) is 3.38. The lowest BCUT2D eigenvalue weighted by Crippen LogP contribution is -2.41. The third-order valence-electron chi connectivity index (χ3n) is 6.24. The molecule has 1 fully saturated rings. The number of rotatable bonds is 8. The van der Waals surface area contributed by atoms with Gasteiger partial charge < -0.3 is 10.3 Å². The minimum Gasteiger partial charge on any atom is -0.358 e. The van der Waals surface area contributed by atoms with Crippen LogP contribution in [-0.2, 0) is 22.4 Å². The topological polar surface area (TPSA) is 74.8 Å². The Balaban J connectivity index is 1.23. The fourth-order valence-corrected chi connectivity index (χ4v) is 4.50. The summed E-state index contributed by atoms with van der Waals surface area (Å²) < 4.78 is 0. The molecule has 1 amide bonds. The number of ketones is 1. The number of amides is 1. The van der Waals surface area contributed by atoms with Gasteiger partial charge in [-0.2, -0.15) is 0 Å². The molecule has 1 aliphatic carbocycles. The molecule has 156 valence electrons. The van der Waals surface area contributed by atoms with Gasteiger partial charge in [-0.25, -0.2) is 0 Å². The number of nitrogens with zero attached hydrogens (tertiary/aromatic N) is 1. The average molecular weight is 404 g/mol. The summed E-state index contributed by atoms with van der Waals surface area (Å²) in [6.45, 7) is 1.80. The number of fused-ring (bicyclic) bond motifs is 1. The van der Waals surface area contributed by atoms with Gasteiger partial charge in [0, 0.05) is 41.3 Å². The van der Waals surface area contributed by atoms with Gasteiger partial charge in [0.25, 0.3) is 0 Å². The van der Waals surface area contributed by atoms with E-state index in [0.29, 0.717) is 18.8 Å². The van der Waals surface area contributed by atoms with Gasteiger partial charge in [-0.15, -0.1) is 0 Å². The molecule has 0 bridgehead atoms. The van der Waals surface area contributed by atoms with Crippen LogP contribution in [0, 0.1) is 11.8 Å². The van der Waals surface area contributed by atoms with Crippen LogP contribution in [0.4, 0.5) is 0 Å². The smallest absolute Gasteiger partial charge is 0.223 e. The number of aromatic amines is 1. The van der Waals surface area contributed by atoms with Crippen LogP contribution in [0.3, 0.4) is 0 Å². The molecule has 3 atom stereocenters. The normalized spacial score (nSPS) is 19.6. The molecule has 0 saturated heterocycles. The van der Waals surface area contributed by atoms with Gasteiger partial charge in [-0.05, 0) is 62.6 Å². The number of carbonyl (C=O) groups excluding carboxylic acids is 2. The summed E-state index contributed by atoms with van der Waals surface area (Å²) >= 11 is 0.